The molecule has 0 unspecified atom stereocenters. The summed E-state index contributed by atoms with van der Waals surface area (Å²) in [6.07, 6.45) is 6.34. The van der Waals surface area contributed by atoms with Crippen molar-refractivity contribution in [2.45, 2.75) is 50.5 Å². The number of hydrogen-bond acceptors (Lipinski definition) is 3. The van der Waals surface area contributed by atoms with Crippen LogP contribution in [-0.4, -0.2) is 35.0 Å². The van der Waals surface area contributed by atoms with Gasteiger partial charge in [0.25, 0.3) is 0 Å². The van der Waals surface area contributed by atoms with Crippen LogP contribution >= 0.6 is 0 Å². The zero-order valence-corrected chi connectivity index (χ0v) is 11.0. The molecule has 0 aromatic heterocycles. The Morgan fingerprint density at radius 1 is 1.20 bits per heavy atom. The van der Waals surface area contributed by atoms with Crippen LogP contribution in [0.4, 0.5) is 0 Å². The van der Waals surface area contributed by atoms with E-state index in [-0.39, 0.29) is 0 Å². The standard InChI is InChI=1S/C11H22O3Si/c1-12-15(3,13-2)7-6-9-4-5-10-11(8-9)14-10/h9-11H,4-8H2,1-3H3/t9-,10-,11+/m0/s1. The fourth-order valence-electron chi connectivity index (χ4n) is 2.50. The summed E-state index contributed by atoms with van der Waals surface area (Å²) in [4.78, 5) is 0. The average molecular weight is 230 g/mol. The Labute approximate surface area is 93.3 Å². The molecule has 2 rings (SSSR count). The van der Waals surface area contributed by atoms with E-state index < -0.39 is 8.56 Å². The summed E-state index contributed by atoms with van der Waals surface area (Å²) in [5.74, 6) is 0.839. The maximum atomic E-state index is 5.54. The van der Waals surface area contributed by atoms with Crippen LogP contribution < -0.4 is 0 Å². The van der Waals surface area contributed by atoms with Crippen LogP contribution in [0.2, 0.25) is 12.6 Å². The van der Waals surface area contributed by atoms with Gasteiger partial charge in [-0.3, -0.25) is 0 Å². The number of epoxide rings is 1. The molecular formula is C11H22O3Si. The zero-order valence-electron chi connectivity index (χ0n) is 9.99. The summed E-state index contributed by atoms with van der Waals surface area (Å²) < 4.78 is 16.5. The second-order valence-electron chi connectivity index (χ2n) is 4.97. The van der Waals surface area contributed by atoms with E-state index in [1.165, 1.54) is 25.7 Å². The van der Waals surface area contributed by atoms with E-state index in [1.807, 2.05) is 0 Å². The summed E-state index contributed by atoms with van der Waals surface area (Å²) in [5, 5.41) is 0. The molecule has 0 N–H and O–H groups in total. The van der Waals surface area contributed by atoms with Gasteiger partial charge in [0, 0.05) is 14.2 Å². The smallest absolute Gasteiger partial charge is 0.334 e. The Morgan fingerprint density at radius 3 is 2.53 bits per heavy atom. The van der Waals surface area contributed by atoms with Crippen LogP contribution in [0.1, 0.15) is 25.7 Å². The first-order valence-electron chi connectivity index (χ1n) is 5.92. The molecule has 1 saturated carbocycles. The topological polar surface area (TPSA) is 31.0 Å². The van der Waals surface area contributed by atoms with Gasteiger partial charge in [0.05, 0.1) is 12.2 Å². The van der Waals surface area contributed by atoms with Crippen molar-refractivity contribution in [2.24, 2.45) is 5.92 Å². The first-order valence-corrected chi connectivity index (χ1v) is 8.45. The molecule has 0 spiro atoms. The third-order valence-electron chi connectivity index (χ3n) is 3.98. The fourth-order valence-corrected chi connectivity index (χ4v) is 4.01. The Balaban J connectivity index is 1.72. The van der Waals surface area contributed by atoms with Crippen LogP contribution in [0.25, 0.3) is 0 Å². The quantitative estimate of drug-likeness (QED) is 0.536. The lowest BCUT2D eigenvalue weighted by molar-refractivity contribution is 0.242. The molecule has 0 bridgehead atoms. The number of rotatable bonds is 5. The second-order valence-corrected chi connectivity index (χ2v) is 8.56. The molecule has 1 aliphatic carbocycles. The Morgan fingerprint density at radius 2 is 1.93 bits per heavy atom. The molecule has 0 aromatic rings. The minimum Gasteiger partial charge on any atom is -0.398 e. The maximum Gasteiger partial charge on any atom is 0.334 e. The lowest BCUT2D eigenvalue weighted by atomic mass is 9.88. The molecule has 88 valence electrons. The van der Waals surface area contributed by atoms with Crippen LogP contribution in [0.3, 0.4) is 0 Å². The number of ether oxygens (including phenoxy) is 1. The molecule has 0 amide bonds. The summed E-state index contributed by atoms with van der Waals surface area (Å²) in [7, 11) is 1.72. The SMILES string of the molecule is CO[Si](C)(CC[C@@H]1CC[C@@H]2O[C@@H]2C1)OC. The van der Waals surface area contributed by atoms with Crippen molar-refractivity contribution in [3.05, 3.63) is 0 Å². The normalized spacial score (nSPS) is 35.0. The van der Waals surface area contributed by atoms with Crippen molar-refractivity contribution in [1.29, 1.82) is 0 Å². The van der Waals surface area contributed by atoms with Crippen molar-refractivity contribution in [3.63, 3.8) is 0 Å². The van der Waals surface area contributed by atoms with E-state index in [9.17, 15) is 0 Å². The molecule has 4 heteroatoms. The minimum absolute atomic E-state index is 0.599. The predicted octanol–water partition coefficient (Wildman–Crippen LogP) is 2.31. The van der Waals surface area contributed by atoms with Gasteiger partial charge in [-0.25, -0.2) is 0 Å². The Kier molecular flexibility index (Phi) is 3.50. The highest BCUT2D eigenvalue weighted by atomic mass is 28.4. The van der Waals surface area contributed by atoms with Crippen molar-refractivity contribution in [2.75, 3.05) is 14.2 Å². The van der Waals surface area contributed by atoms with Crippen LogP contribution in [0, 0.1) is 5.92 Å². The van der Waals surface area contributed by atoms with Gasteiger partial charge in [-0.05, 0) is 44.2 Å². The first-order chi connectivity index (χ1) is 7.17. The third kappa shape index (κ3) is 2.81. The summed E-state index contributed by atoms with van der Waals surface area (Å²) in [5.41, 5.74) is 0. The summed E-state index contributed by atoms with van der Waals surface area (Å²) in [6.45, 7) is 2.15. The molecule has 1 saturated heterocycles. The van der Waals surface area contributed by atoms with Crippen molar-refractivity contribution < 1.29 is 13.6 Å². The highest BCUT2D eigenvalue weighted by molar-refractivity contribution is 6.65. The van der Waals surface area contributed by atoms with Crippen molar-refractivity contribution in [3.8, 4) is 0 Å². The largest absolute Gasteiger partial charge is 0.398 e. The Hall–Kier alpha value is 0.0969. The molecule has 3 nitrogen and oxygen atoms in total. The molecule has 1 heterocycles. The maximum absolute atomic E-state index is 5.54. The van der Waals surface area contributed by atoms with Gasteiger partial charge < -0.3 is 13.6 Å². The van der Waals surface area contributed by atoms with Crippen LogP contribution in [0.5, 0.6) is 0 Å². The highest BCUT2D eigenvalue weighted by Gasteiger charge is 2.44. The van der Waals surface area contributed by atoms with Crippen LogP contribution in [-0.2, 0) is 13.6 Å². The second kappa shape index (κ2) is 4.53. The molecule has 1 aliphatic heterocycles. The molecule has 0 aromatic carbocycles. The molecule has 2 fully saturated rings. The molecule has 0 radical (unpaired) electrons. The van der Waals surface area contributed by atoms with Crippen molar-refractivity contribution in [1.82, 2.24) is 0 Å². The number of hydrogen-bond donors (Lipinski definition) is 0. The summed E-state index contributed by atoms with van der Waals surface area (Å²) in [6, 6.07) is 1.11. The zero-order chi connectivity index (χ0) is 10.9. The van der Waals surface area contributed by atoms with E-state index in [2.05, 4.69) is 6.55 Å². The first kappa shape index (κ1) is 11.6. The van der Waals surface area contributed by atoms with Gasteiger partial charge in [0.15, 0.2) is 0 Å². The van der Waals surface area contributed by atoms with Crippen LogP contribution in [0.15, 0.2) is 0 Å². The predicted molar refractivity (Wildman–Crippen MR) is 61.1 cm³/mol. The lowest BCUT2D eigenvalue weighted by Crippen LogP contribution is -2.36. The van der Waals surface area contributed by atoms with E-state index in [0.29, 0.717) is 12.2 Å². The van der Waals surface area contributed by atoms with Gasteiger partial charge in [0.1, 0.15) is 0 Å². The van der Waals surface area contributed by atoms with Gasteiger partial charge >= 0.3 is 8.56 Å². The van der Waals surface area contributed by atoms with E-state index in [1.54, 1.807) is 14.2 Å². The van der Waals surface area contributed by atoms with Gasteiger partial charge in [-0.2, -0.15) is 0 Å². The molecule has 2 aliphatic rings. The number of fused-ring (bicyclic) bond motifs is 1. The lowest BCUT2D eigenvalue weighted by Gasteiger charge is -2.26. The third-order valence-corrected chi connectivity index (χ3v) is 6.91. The van der Waals surface area contributed by atoms with Gasteiger partial charge in [-0.1, -0.05) is 0 Å². The molecule has 15 heavy (non-hydrogen) atoms. The summed E-state index contributed by atoms with van der Waals surface area (Å²) >= 11 is 0. The van der Waals surface area contributed by atoms with Gasteiger partial charge in [-0.15, -0.1) is 0 Å². The van der Waals surface area contributed by atoms with Gasteiger partial charge in [0.2, 0.25) is 0 Å². The fraction of sp³-hybridized carbons (Fsp3) is 1.00. The minimum atomic E-state index is -1.83. The monoisotopic (exact) mass is 230 g/mol. The van der Waals surface area contributed by atoms with Crippen molar-refractivity contribution >= 4 is 8.56 Å². The Bertz CT molecular complexity index is 218. The van der Waals surface area contributed by atoms with E-state index in [0.717, 1.165) is 12.0 Å². The van der Waals surface area contributed by atoms with E-state index in [4.69, 9.17) is 13.6 Å². The highest BCUT2D eigenvalue weighted by Crippen LogP contribution is 2.41. The molecular weight excluding hydrogens is 208 g/mol. The average Bonchev–Trinajstić information content (AvgIpc) is 3.04. The van der Waals surface area contributed by atoms with E-state index >= 15 is 0 Å². The molecule has 3 atom stereocenters.